The fraction of sp³-hybridized carbons (Fsp3) is 0.160. The third-order valence-electron chi connectivity index (χ3n) is 4.30. The quantitative estimate of drug-likeness (QED) is 0.128. The molecule has 0 fully saturated rings. The first-order chi connectivity index (χ1) is 17.2. The Morgan fingerprint density at radius 1 is 1.17 bits per heavy atom. The molecule has 1 heterocycles. The Bertz CT molecular complexity index is 1150. The number of ether oxygens (including phenoxy) is 1. The van der Waals surface area contributed by atoms with Gasteiger partial charge in [0.25, 0.3) is 11.8 Å². The molecule has 0 bridgehead atoms. The summed E-state index contributed by atoms with van der Waals surface area (Å²) in [5.41, 5.74) is 5.96. The van der Waals surface area contributed by atoms with Crippen LogP contribution in [0, 0.1) is 5.41 Å². The highest BCUT2D eigenvalue weighted by Gasteiger charge is 2.17. The predicted molar refractivity (Wildman–Crippen MR) is 141 cm³/mol. The smallest absolute Gasteiger partial charge is 0.341 e. The summed E-state index contributed by atoms with van der Waals surface area (Å²) >= 11 is 5.82. The molecule has 190 valence electrons. The Morgan fingerprint density at radius 3 is 2.44 bits per heavy atom. The van der Waals surface area contributed by atoms with Crippen molar-refractivity contribution in [2.75, 3.05) is 17.2 Å². The average Bonchev–Trinajstić information content (AvgIpc) is 2.85. The van der Waals surface area contributed by atoms with Gasteiger partial charge in [0.1, 0.15) is 11.6 Å². The number of nitrogens with zero attached hydrogens (tertiary/aromatic N) is 1. The summed E-state index contributed by atoms with van der Waals surface area (Å²) in [7, 11) is 0. The number of carbonyl (C=O) groups excluding carboxylic acids is 2. The normalized spacial score (nSPS) is 10.7. The SMILES string of the molecule is C/C=C(\C/C=C\CC(=N)N)C(=O)Nc1ccc(OCC(=O)O)cc1C(=O)Nc1ccc(Cl)cn1.C=C. The zero-order valence-electron chi connectivity index (χ0n) is 19.7. The molecule has 36 heavy (non-hydrogen) atoms. The monoisotopic (exact) mass is 513 g/mol. The van der Waals surface area contributed by atoms with Crippen molar-refractivity contribution in [3.05, 3.63) is 84.1 Å². The number of hydrogen-bond donors (Lipinski definition) is 5. The molecular formula is C25H28ClN5O5. The molecular weight excluding hydrogens is 486 g/mol. The molecule has 0 saturated heterocycles. The Kier molecular flexibility index (Phi) is 12.7. The molecule has 2 aromatic rings. The van der Waals surface area contributed by atoms with Gasteiger partial charge in [0.15, 0.2) is 6.61 Å². The summed E-state index contributed by atoms with van der Waals surface area (Å²) in [6.45, 7) is 7.11. The summed E-state index contributed by atoms with van der Waals surface area (Å²) < 4.78 is 5.16. The molecule has 6 N–H and O–H groups in total. The van der Waals surface area contributed by atoms with Crippen LogP contribution in [0.15, 0.2) is 73.5 Å². The van der Waals surface area contributed by atoms with Gasteiger partial charge in [0.05, 0.1) is 22.1 Å². The van der Waals surface area contributed by atoms with Crippen molar-refractivity contribution in [1.29, 1.82) is 5.41 Å². The van der Waals surface area contributed by atoms with E-state index in [0.29, 0.717) is 17.0 Å². The number of aliphatic carboxylic acids is 1. The number of halogens is 1. The second kappa shape index (κ2) is 15.5. The molecule has 0 radical (unpaired) electrons. The highest BCUT2D eigenvalue weighted by molar-refractivity contribution is 6.30. The van der Waals surface area contributed by atoms with E-state index in [9.17, 15) is 14.4 Å². The van der Waals surface area contributed by atoms with Gasteiger partial charge in [0.2, 0.25) is 0 Å². The molecule has 10 nitrogen and oxygen atoms in total. The summed E-state index contributed by atoms with van der Waals surface area (Å²) in [4.78, 5) is 40.6. The summed E-state index contributed by atoms with van der Waals surface area (Å²) in [5, 5.41) is 21.8. The van der Waals surface area contributed by atoms with Crippen molar-refractivity contribution >= 4 is 46.7 Å². The molecule has 1 aromatic carbocycles. The van der Waals surface area contributed by atoms with Crippen LogP contribution in [0.4, 0.5) is 11.5 Å². The van der Waals surface area contributed by atoms with Crippen LogP contribution in [0.25, 0.3) is 0 Å². The van der Waals surface area contributed by atoms with Crippen LogP contribution < -0.4 is 21.1 Å². The van der Waals surface area contributed by atoms with Gasteiger partial charge in [-0.1, -0.05) is 29.8 Å². The topological polar surface area (TPSA) is 167 Å². The van der Waals surface area contributed by atoms with Crippen LogP contribution >= 0.6 is 11.6 Å². The number of aromatic nitrogens is 1. The largest absolute Gasteiger partial charge is 0.482 e. The van der Waals surface area contributed by atoms with Crippen molar-refractivity contribution < 1.29 is 24.2 Å². The number of carboxylic acids is 1. The summed E-state index contributed by atoms with van der Waals surface area (Å²) in [6, 6.07) is 7.27. The fourth-order valence-corrected chi connectivity index (χ4v) is 2.77. The summed E-state index contributed by atoms with van der Waals surface area (Å²) in [5.74, 6) is -1.84. The second-order valence-electron chi connectivity index (χ2n) is 6.88. The number of nitrogens with two attached hydrogens (primary N) is 1. The molecule has 11 heteroatoms. The number of amides is 2. The zero-order chi connectivity index (χ0) is 27.1. The number of nitrogens with one attached hydrogen (secondary N) is 3. The molecule has 0 aliphatic heterocycles. The van der Waals surface area contributed by atoms with E-state index in [1.54, 1.807) is 31.2 Å². The van der Waals surface area contributed by atoms with Crippen molar-refractivity contribution in [3.8, 4) is 5.75 Å². The maximum atomic E-state index is 12.9. The van der Waals surface area contributed by atoms with Gasteiger partial charge in [-0.15, -0.1) is 13.2 Å². The van der Waals surface area contributed by atoms with E-state index in [4.69, 9.17) is 32.6 Å². The number of amidine groups is 1. The van der Waals surface area contributed by atoms with Gasteiger partial charge < -0.3 is 26.2 Å². The maximum absolute atomic E-state index is 12.9. The number of carboxylic acid groups (broad SMARTS) is 1. The van der Waals surface area contributed by atoms with Gasteiger partial charge in [-0.3, -0.25) is 15.0 Å². The third-order valence-corrected chi connectivity index (χ3v) is 4.52. The molecule has 0 aliphatic carbocycles. The molecule has 2 rings (SSSR count). The van der Waals surface area contributed by atoms with Gasteiger partial charge in [-0.2, -0.15) is 0 Å². The van der Waals surface area contributed by atoms with E-state index in [0.717, 1.165) is 0 Å². The maximum Gasteiger partial charge on any atom is 0.341 e. The molecule has 0 unspecified atom stereocenters. The van der Waals surface area contributed by atoms with E-state index >= 15 is 0 Å². The Balaban J connectivity index is 0.00000316. The average molecular weight is 514 g/mol. The molecule has 1 aromatic heterocycles. The van der Waals surface area contributed by atoms with Crippen molar-refractivity contribution in [2.45, 2.75) is 19.8 Å². The Morgan fingerprint density at radius 2 is 1.86 bits per heavy atom. The number of carbonyl (C=O) groups is 3. The van der Waals surface area contributed by atoms with Crippen LogP contribution in [0.1, 0.15) is 30.1 Å². The number of hydrogen-bond acceptors (Lipinski definition) is 6. The first-order valence-electron chi connectivity index (χ1n) is 10.6. The molecule has 0 atom stereocenters. The standard InChI is InChI=1S/C23H24ClN5O5.C2H4/c1-2-14(5-3-4-6-19(25)26)22(32)28-18-9-8-16(34-13-21(30)31)11-17(18)23(33)29-20-10-7-15(24)12-27-20;1-2/h2-4,7-12H,5-6,13H2,1H3,(H3,25,26)(H,28,32)(H,30,31)(H,27,29,33);1-2H2/b4-3-,14-2+;. The van der Waals surface area contributed by atoms with Crippen LogP contribution in [0.2, 0.25) is 5.02 Å². The minimum atomic E-state index is -1.18. The van der Waals surface area contributed by atoms with Crippen LogP contribution in [0.3, 0.4) is 0 Å². The molecule has 0 spiro atoms. The van der Waals surface area contributed by atoms with Gasteiger partial charge in [-0.25, -0.2) is 9.78 Å². The van der Waals surface area contributed by atoms with E-state index in [2.05, 4.69) is 28.8 Å². The minimum absolute atomic E-state index is 0.0127. The van der Waals surface area contributed by atoms with Crippen molar-refractivity contribution in [3.63, 3.8) is 0 Å². The lowest BCUT2D eigenvalue weighted by atomic mass is 10.1. The zero-order valence-corrected chi connectivity index (χ0v) is 20.5. The van der Waals surface area contributed by atoms with Gasteiger partial charge in [0, 0.05) is 18.2 Å². The first-order valence-corrected chi connectivity index (χ1v) is 10.9. The summed E-state index contributed by atoms with van der Waals surface area (Å²) in [6.07, 6.45) is 6.98. The number of rotatable bonds is 11. The van der Waals surface area contributed by atoms with E-state index in [1.807, 2.05) is 0 Å². The second-order valence-corrected chi connectivity index (χ2v) is 7.31. The highest BCUT2D eigenvalue weighted by Crippen LogP contribution is 2.24. The fourth-order valence-electron chi connectivity index (χ4n) is 2.65. The van der Waals surface area contributed by atoms with Gasteiger partial charge >= 0.3 is 5.97 Å². The van der Waals surface area contributed by atoms with Crippen molar-refractivity contribution in [1.82, 2.24) is 4.98 Å². The number of benzene rings is 1. The highest BCUT2D eigenvalue weighted by atomic mass is 35.5. The Labute approximate surface area is 214 Å². The third kappa shape index (κ3) is 10.2. The predicted octanol–water partition coefficient (Wildman–Crippen LogP) is 4.41. The van der Waals surface area contributed by atoms with E-state index < -0.39 is 24.4 Å². The number of anilines is 2. The first kappa shape index (κ1) is 29.6. The lowest BCUT2D eigenvalue weighted by Gasteiger charge is -2.14. The minimum Gasteiger partial charge on any atom is -0.482 e. The number of pyridine rings is 1. The van der Waals surface area contributed by atoms with E-state index in [-0.39, 0.29) is 35.1 Å². The molecule has 0 aliphatic rings. The van der Waals surface area contributed by atoms with Crippen LogP contribution in [-0.4, -0.2) is 40.3 Å². The lowest BCUT2D eigenvalue weighted by Crippen LogP contribution is -2.20. The van der Waals surface area contributed by atoms with Gasteiger partial charge in [-0.05, 0) is 43.7 Å². The lowest BCUT2D eigenvalue weighted by molar-refractivity contribution is -0.139. The number of allylic oxidation sites excluding steroid dienone is 2. The van der Waals surface area contributed by atoms with Crippen LogP contribution in [0.5, 0.6) is 5.75 Å². The Hall–Kier alpha value is -4.44. The van der Waals surface area contributed by atoms with Crippen LogP contribution in [-0.2, 0) is 9.59 Å². The molecule has 2 amide bonds. The van der Waals surface area contributed by atoms with E-state index in [1.165, 1.54) is 30.5 Å². The molecule has 0 saturated carbocycles. The van der Waals surface area contributed by atoms with Crippen molar-refractivity contribution in [2.24, 2.45) is 5.73 Å².